The van der Waals surface area contributed by atoms with Gasteiger partial charge in [-0.2, -0.15) is 0 Å². The van der Waals surface area contributed by atoms with Gasteiger partial charge in [-0.15, -0.1) is 0 Å². The van der Waals surface area contributed by atoms with E-state index in [-0.39, 0.29) is 23.9 Å². The number of halogens is 2. The molecule has 0 spiro atoms. The van der Waals surface area contributed by atoms with Gasteiger partial charge in [0.05, 0.1) is 6.10 Å². The summed E-state index contributed by atoms with van der Waals surface area (Å²) in [4.78, 5) is 11.6. The fourth-order valence-electron chi connectivity index (χ4n) is 1.47. The van der Waals surface area contributed by atoms with Gasteiger partial charge in [-0.3, -0.25) is 4.79 Å². The fourth-order valence-corrected chi connectivity index (χ4v) is 1.47. The Hall–Kier alpha value is -1.29. The zero-order chi connectivity index (χ0) is 12.8. The number of benzene rings is 1. The highest BCUT2D eigenvalue weighted by atomic mass is 19.2. The third kappa shape index (κ3) is 4.23. The van der Waals surface area contributed by atoms with Gasteiger partial charge in [0.1, 0.15) is 5.78 Å². The van der Waals surface area contributed by atoms with Crippen LogP contribution in [0.15, 0.2) is 18.2 Å². The van der Waals surface area contributed by atoms with E-state index in [1.807, 2.05) is 6.92 Å². The number of hydrogen-bond acceptors (Lipinski definition) is 2. The van der Waals surface area contributed by atoms with Crippen molar-refractivity contribution in [2.24, 2.45) is 0 Å². The molecule has 0 bridgehead atoms. The molecule has 4 heteroatoms. The molecule has 2 nitrogen and oxygen atoms in total. The van der Waals surface area contributed by atoms with Gasteiger partial charge in [-0.1, -0.05) is 12.1 Å². The first-order chi connectivity index (χ1) is 8.04. The second-order valence-electron chi connectivity index (χ2n) is 4.01. The van der Waals surface area contributed by atoms with Crippen LogP contribution < -0.4 is 0 Å². The zero-order valence-electron chi connectivity index (χ0n) is 10.0. The predicted molar refractivity (Wildman–Crippen MR) is 60.8 cm³/mol. The van der Waals surface area contributed by atoms with Gasteiger partial charge in [0.25, 0.3) is 0 Å². The van der Waals surface area contributed by atoms with Crippen LogP contribution in [0.3, 0.4) is 0 Å². The highest BCUT2D eigenvalue weighted by Gasteiger charge is 2.12. The van der Waals surface area contributed by atoms with Crippen LogP contribution in [0.1, 0.15) is 25.3 Å². The van der Waals surface area contributed by atoms with Gasteiger partial charge < -0.3 is 4.74 Å². The molecule has 0 aliphatic heterocycles. The van der Waals surface area contributed by atoms with Crippen LogP contribution in [0.4, 0.5) is 8.78 Å². The third-order valence-electron chi connectivity index (χ3n) is 2.65. The van der Waals surface area contributed by atoms with Crippen LogP contribution in [0.2, 0.25) is 0 Å². The minimum Gasteiger partial charge on any atom is -0.382 e. The summed E-state index contributed by atoms with van der Waals surface area (Å²) in [6, 6.07) is 3.87. The minimum absolute atomic E-state index is 0.00342. The Bertz CT molecular complexity index is 391. The largest absolute Gasteiger partial charge is 0.382 e. The Labute approximate surface area is 99.6 Å². The van der Waals surface area contributed by atoms with Crippen LogP contribution in [0.25, 0.3) is 0 Å². The van der Waals surface area contributed by atoms with E-state index in [9.17, 15) is 13.6 Å². The molecule has 94 valence electrons. The fraction of sp³-hybridized carbons (Fsp3) is 0.462. The number of rotatable bonds is 6. The molecule has 1 aromatic rings. The van der Waals surface area contributed by atoms with Crippen LogP contribution in [0.5, 0.6) is 0 Å². The van der Waals surface area contributed by atoms with Gasteiger partial charge >= 0.3 is 0 Å². The SMILES string of the molecule is COC(C)CCC(=O)Cc1cccc(F)c1F. The smallest absolute Gasteiger partial charge is 0.162 e. The molecule has 0 fully saturated rings. The maximum absolute atomic E-state index is 13.3. The van der Waals surface area contributed by atoms with E-state index in [1.54, 1.807) is 7.11 Å². The predicted octanol–water partition coefficient (Wildman–Crippen LogP) is 2.89. The molecule has 0 aliphatic rings. The number of carbonyl (C=O) groups is 1. The van der Waals surface area contributed by atoms with Gasteiger partial charge in [0.15, 0.2) is 11.6 Å². The van der Waals surface area contributed by atoms with E-state index >= 15 is 0 Å². The minimum atomic E-state index is -0.930. The molecule has 1 rings (SSSR count). The van der Waals surface area contributed by atoms with E-state index in [4.69, 9.17) is 4.74 Å². The lowest BCUT2D eigenvalue weighted by molar-refractivity contribution is -0.119. The first-order valence-corrected chi connectivity index (χ1v) is 5.52. The van der Waals surface area contributed by atoms with Crippen molar-refractivity contribution in [3.63, 3.8) is 0 Å². The molecule has 0 heterocycles. The number of hydrogen-bond donors (Lipinski definition) is 0. The molecule has 0 saturated carbocycles. The van der Waals surface area contributed by atoms with E-state index in [0.29, 0.717) is 12.8 Å². The summed E-state index contributed by atoms with van der Waals surface area (Å²) < 4.78 is 31.2. The number of ketones is 1. The standard InChI is InChI=1S/C13H16F2O2/c1-9(17-2)6-7-11(16)8-10-4-3-5-12(14)13(10)15/h3-5,9H,6-8H2,1-2H3. The third-order valence-corrected chi connectivity index (χ3v) is 2.65. The Morgan fingerprint density at radius 2 is 2.12 bits per heavy atom. The average molecular weight is 242 g/mol. The molecular formula is C13H16F2O2. The Morgan fingerprint density at radius 1 is 1.41 bits per heavy atom. The van der Waals surface area contributed by atoms with E-state index in [0.717, 1.165) is 6.07 Å². The lowest BCUT2D eigenvalue weighted by Gasteiger charge is -2.08. The van der Waals surface area contributed by atoms with Crippen LogP contribution in [0, 0.1) is 11.6 Å². The molecule has 0 saturated heterocycles. The van der Waals surface area contributed by atoms with Crippen LogP contribution in [-0.2, 0) is 16.0 Å². The van der Waals surface area contributed by atoms with Gasteiger partial charge in [0.2, 0.25) is 0 Å². The van der Waals surface area contributed by atoms with E-state index < -0.39 is 11.6 Å². The van der Waals surface area contributed by atoms with Gasteiger partial charge in [-0.25, -0.2) is 8.78 Å². The average Bonchev–Trinajstić information content (AvgIpc) is 2.32. The monoisotopic (exact) mass is 242 g/mol. The van der Waals surface area contributed by atoms with Crippen molar-refractivity contribution >= 4 is 5.78 Å². The summed E-state index contributed by atoms with van der Waals surface area (Å²) in [6.07, 6.45) is 0.827. The van der Waals surface area contributed by atoms with Crippen molar-refractivity contribution in [3.05, 3.63) is 35.4 Å². The molecule has 0 radical (unpaired) electrons. The van der Waals surface area contributed by atoms with Crippen LogP contribution in [-0.4, -0.2) is 19.0 Å². The Kier molecular flexibility index (Phi) is 5.22. The van der Waals surface area contributed by atoms with Crippen molar-refractivity contribution in [2.75, 3.05) is 7.11 Å². The molecule has 1 unspecified atom stereocenters. The number of Topliss-reactive ketones (excluding diaryl/α,β-unsaturated/α-hetero) is 1. The van der Waals surface area contributed by atoms with E-state index in [2.05, 4.69) is 0 Å². The molecule has 17 heavy (non-hydrogen) atoms. The van der Waals surface area contributed by atoms with Crippen molar-refractivity contribution < 1.29 is 18.3 Å². The molecule has 0 aliphatic carbocycles. The van der Waals surface area contributed by atoms with Gasteiger partial charge in [-0.05, 0) is 25.0 Å². The Balaban J connectivity index is 2.54. The molecule has 0 N–H and O–H groups in total. The Morgan fingerprint density at radius 3 is 2.76 bits per heavy atom. The maximum Gasteiger partial charge on any atom is 0.162 e. The topological polar surface area (TPSA) is 26.3 Å². The summed E-state index contributed by atoms with van der Waals surface area (Å²) >= 11 is 0. The van der Waals surface area contributed by atoms with Crippen molar-refractivity contribution in [1.29, 1.82) is 0 Å². The second kappa shape index (κ2) is 6.45. The summed E-state index contributed by atoms with van der Waals surface area (Å²) in [5, 5.41) is 0. The number of carbonyl (C=O) groups excluding carboxylic acids is 1. The van der Waals surface area contributed by atoms with Crippen molar-refractivity contribution in [2.45, 2.75) is 32.3 Å². The highest BCUT2D eigenvalue weighted by molar-refractivity contribution is 5.80. The van der Waals surface area contributed by atoms with E-state index in [1.165, 1.54) is 12.1 Å². The first-order valence-electron chi connectivity index (χ1n) is 5.52. The zero-order valence-corrected chi connectivity index (χ0v) is 10.0. The summed E-state index contributed by atoms with van der Waals surface area (Å²) in [7, 11) is 1.57. The highest BCUT2D eigenvalue weighted by Crippen LogP contribution is 2.13. The maximum atomic E-state index is 13.3. The first kappa shape index (κ1) is 13.8. The summed E-state index contributed by atoms with van der Waals surface area (Å²) in [6.45, 7) is 1.86. The number of ether oxygens (including phenoxy) is 1. The lowest BCUT2D eigenvalue weighted by Crippen LogP contribution is -2.11. The van der Waals surface area contributed by atoms with Gasteiger partial charge in [0, 0.05) is 20.0 Å². The second-order valence-corrected chi connectivity index (χ2v) is 4.01. The molecular weight excluding hydrogens is 226 g/mol. The quantitative estimate of drug-likeness (QED) is 0.766. The molecule has 1 aromatic carbocycles. The van der Waals surface area contributed by atoms with Crippen molar-refractivity contribution in [1.82, 2.24) is 0 Å². The number of methoxy groups -OCH3 is 1. The molecule has 0 aromatic heterocycles. The normalized spacial score (nSPS) is 12.5. The lowest BCUT2D eigenvalue weighted by atomic mass is 10.0. The molecule has 1 atom stereocenters. The molecule has 0 amide bonds. The summed E-state index contributed by atoms with van der Waals surface area (Å²) in [5.74, 6) is -1.96. The summed E-state index contributed by atoms with van der Waals surface area (Å²) in [5.41, 5.74) is 0.111. The van der Waals surface area contributed by atoms with Crippen LogP contribution >= 0.6 is 0 Å². The van der Waals surface area contributed by atoms with Crippen molar-refractivity contribution in [3.8, 4) is 0 Å².